The van der Waals surface area contributed by atoms with E-state index in [0.29, 0.717) is 17.0 Å². The van der Waals surface area contributed by atoms with Crippen LogP contribution >= 0.6 is 0 Å². The minimum Gasteiger partial charge on any atom is -0.480 e. The van der Waals surface area contributed by atoms with E-state index in [1.807, 2.05) is 0 Å². The first-order valence-electron chi connectivity index (χ1n) is 5.99. The van der Waals surface area contributed by atoms with E-state index >= 15 is 0 Å². The van der Waals surface area contributed by atoms with E-state index in [4.69, 9.17) is 5.11 Å². The van der Waals surface area contributed by atoms with Gasteiger partial charge in [0.2, 0.25) is 5.91 Å². The molecular formula is C12H17N3O5. The molecule has 0 saturated carbocycles. The van der Waals surface area contributed by atoms with Crippen molar-refractivity contribution in [3.8, 4) is 0 Å². The first-order chi connectivity index (χ1) is 9.22. The molecule has 8 heteroatoms. The molecule has 1 aromatic rings. The second-order valence-corrected chi connectivity index (χ2v) is 4.53. The Balaban J connectivity index is 2.87. The number of aromatic nitrogens is 2. The zero-order valence-electron chi connectivity index (χ0n) is 11.4. The Morgan fingerprint density at radius 2 is 2.00 bits per heavy atom. The first kappa shape index (κ1) is 15.8. The maximum atomic E-state index is 11.8. The molecule has 0 spiro atoms. The van der Waals surface area contributed by atoms with Gasteiger partial charge >= 0.3 is 11.7 Å². The summed E-state index contributed by atoms with van der Waals surface area (Å²) < 4.78 is 0. The highest BCUT2D eigenvalue weighted by Gasteiger charge is 2.25. The van der Waals surface area contributed by atoms with Gasteiger partial charge < -0.3 is 20.5 Å². The van der Waals surface area contributed by atoms with Gasteiger partial charge in [-0.1, -0.05) is 0 Å². The number of carbonyl (C=O) groups is 2. The molecule has 1 heterocycles. The van der Waals surface area contributed by atoms with Gasteiger partial charge in [0.25, 0.3) is 0 Å². The van der Waals surface area contributed by atoms with E-state index in [2.05, 4.69) is 15.3 Å². The molecular weight excluding hydrogens is 266 g/mol. The fourth-order valence-corrected chi connectivity index (χ4v) is 1.79. The van der Waals surface area contributed by atoms with Gasteiger partial charge in [-0.2, -0.15) is 4.98 Å². The number of hydrogen-bond donors (Lipinski definition) is 4. The Morgan fingerprint density at radius 3 is 2.45 bits per heavy atom. The molecule has 8 nitrogen and oxygen atoms in total. The Morgan fingerprint density at radius 1 is 1.40 bits per heavy atom. The summed E-state index contributed by atoms with van der Waals surface area (Å²) in [5.74, 6) is -1.89. The predicted molar refractivity (Wildman–Crippen MR) is 69.3 cm³/mol. The molecule has 1 amide bonds. The number of aliphatic hydroxyl groups excluding tert-OH is 1. The van der Waals surface area contributed by atoms with Gasteiger partial charge in [0.15, 0.2) is 6.04 Å². The molecule has 0 aromatic carbocycles. The summed E-state index contributed by atoms with van der Waals surface area (Å²) >= 11 is 0. The maximum Gasteiger partial charge on any atom is 0.345 e. The molecule has 0 bridgehead atoms. The molecule has 0 radical (unpaired) electrons. The number of carboxylic acid groups (broad SMARTS) is 1. The summed E-state index contributed by atoms with van der Waals surface area (Å²) in [7, 11) is 0. The van der Waals surface area contributed by atoms with Crippen molar-refractivity contribution in [3.05, 3.63) is 27.4 Å². The highest BCUT2D eigenvalue weighted by Crippen LogP contribution is 2.07. The van der Waals surface area contributed by atoms with Gasteiger partial charge in [-0.15, -0.1) is 0 Å². The van der Waals surface area contributed by atoms with Crippen LogP contribution in [-0.2, 0) is 16.0 Å². The van der Waals surface area contributed by atoms with Crippen molar-refractivity contribution in [3.63, 3.8) is 0 Å². The van der Waals surface area contributed by atoms with Crippen LogP contribution in [0.1, 0.15) is 23.9 Å². The fourth-order valence-electron chi connectivity index (χ4n) is 1.79. The number of aromatic amines is 1. The van der Waals surface area contributed by atoms with E-state index in [9.17, 15) is 19.5 Å². The van der Waals surface area contributed by atoms with Crippen molar-refractivity contribution in [1.29, 1.82) is 0 Å². The van der Waals surface area contributed by atoms with Crippen LogP contribution in [0.4, 0.5) is 0 Å². The normalized spacial score (nSPS) is 13.6. The van der Waals surface area contributed by atoms with E-state index in [1.54, 1.807) is 13.8 Å². The molecule has 1 rings (SSSR count). The van der Waals surface area contributed by atoms with Crippen LogP contribution in [-0.4, -0.2) is 44.2 Å². The average molecular weight is 283 g/mol. The lowest BCUT2D eigenvalue weighted by Gasteiger charge is -2.17. The summed E-state index contributed by atoms with van der Waals surface area (Å²) in [5, 5.41) is 20.4. The number of aliphatic carboxylic acids is 1. The van der Waals surface area contributed by atoms with Gasteiger partial charge in [0.05, 0.1) is 12.5 Å². The Bertz CT molecular complexity index is 553. The summed E-state index contributed by atoms with van der Waals surface area (Å²) in [4.78, 5) is 40.0. The molecule has 0 unspecified atom stereocenters. The van der Waals surface area contributed by atoms with Crippen molar-refractivity contribution >= 4 is 11.9 Å². The van der Waals surface area contributed by atoms with Gasteiger partial charge in [-0.25, -0.2) is 9.59 Å². The molecule has 0 aliphatic heterocycles. The second kappa shape index (κ2) is 6.29. The lowest BCUT2D eigenvalue weighted by atomic mass is 10.1. The third-order valence-corrected chi connectivity index (χ3v) is 2.86. The predicted octanol–water partition coefficient (Wildman–Crippen LogP) is -1.12. The average Bonchev–Trinajstić information content (AvgIpc) is 2.29. The number of H-pyrrole nitrogens is 1. The number of rotatable bonds is 5. The van der Waals surface area contributed by atoms with Crippen LogP contribution in [0.2, 0.25) is 0 Å². The first-order valence-corrected chi connectivity index (χ1v) is 5.99. The van der Waals surface area contributed by atoms with Crippen LogP contribution in [0.15, 0.2) is 4.79 Å². The molecule has 0 aliphatic rings. The summed E-state index contributed by atoms with van der Waals surface area (Å²) in [5.41, 5.74) is 0.931. The lowest BCUT2D eigenvalue weighted by Crippen LogP contribution is -2.48. The number of hydrogen-bond acceptors (Lipinski definition) is 5. The standard InChI is InChI=1S/C12H17N3O5/c1-5-8(6(2)14-12(20)13-5)4-9(17)15-10(7(3)16)11(18)19/h7,10,16H,4H2,1-3H3,(H,15,17)(H,18,19)(H,13,14,20)/t7-,10+/m1/s1. The van der Waals surface area contributed by atoms with E-state index in [-0.39, 0.29) is 6.42 Å². The number of aliphatic hydroxyl groups is 1. The summed E-state index contributed by atoms with van der Waals surface area (Å²) in [6.45, 7) is 4.49. The van der Waals surface area contributed by atoms with Crippen LogP contribution < -0.4 is 11.0 Å². The quantitative estimate of drug-likeness (QED) is 0.541. The largest absolute Gasteiger partial charge is 0.480 e. The Hall–Kier alpha value is -2.22. The van der Waals surface area contributed by atoms with E-state index < -0.39 is 29.7 Å². The molecule has 0 saturated heterocycles. The number of carbonyl (C=O) groups excluding carboxylic acids is 1. The zero-order valence-corrected chi connectivity index (χ0v) is 11.4. The van der Waals surface area contributed by atoms with Crippen LogP contribution in [0.25, 0.3) is 0 Å². The smallest absolute Gasteiger partial charge is 0.345 e. The van der Waals surface area contributed by atoms with Crippen LogP contribution in [0, 0.1) is 13.8 Å². The highest BCUT2D eigenvalue weighted by atomic mass is 16.4. The lowest BCUT2D eigenvalue weighted by molar-refractivity contribution is -0.144. The summed E-state index contributed by atoms with van der Waals surface area (Å²) in [6.07, 6.45) is -1.34. The van der Waals surface area contributed by atoms with E-state index in [1.165, 1.54) is 6.92 Å². The van der Waals surface area contributed by atoms with Crippen molar-refractivity contribution < 1.29 is 19.8 Å². The summed E-state index contributed by atoms with van der Waals surface area (Å²) in [6, 6.07) is -1.38. The van der Waals surface area contributed by atoms with Crippen molar-refractivity contribution in [2.75, 3.05) is 0 Å². The SMILES string of the molecule is Cc1nc(=O)[nH]c(C)c1CC(=O)N[C@H](C(=O)O)[C@@H](C)O. The third-order valence-electron chi connectivity index (χ3n) is 2.86. The Labute approximate surface area is 114 Å². The number of carboxylic acids is 1. The van der Waals surface area contributed by atoms with E-state index in [0.717, 1.165) is 0 Å². The molecule has 110 valence electrons. The van der Waals surface area contributed by atoms with Gasteiger partial charge in [-0.05, 0) is 20.8 Å². The topological polar surface area (TPSA) is 132 Å². The number of amides is 1. The molecule has 0 aliphatic carbocycles. The molecule has 1 aromatic heterocycles. The minimum absolute atomic E-state index is 0.127. The number of aryl methyl sites for hydroxylation is 2. The number of nitrogens with zero attached hydrogens (tertiary/aromatic N) is 1. The monoisotopic (exact) mass is 283 g/mol. The molecule has 2 atom stereocenters. The van der Waals surface area contributed by atoms with Crippen LogP contribution in [0.5, 0.6) is 0 Å². The van der Waals surface area contributed by atoms with Crippen molar-refractivity contribution in [2.45, 2.75) is 39.3 Å². The minimum atomic E-state index is -1.38. The maximum absolute atomic E-state index is 11.8. The third kappa shape index (κ3) is 3.89. The van der Waals surface area contributed by atoms with Gasteiger partial charge in [0, 0.05) is 17.0 Å². The highest BCUT2D eigenvalue weighted by molar-refractivity contribution is 5.85. The fraction of sp³-hybridized carbons (Fsp3) is 0.500. The van der Waals surface area contributed by atoms with Gasteiger partial charge in [-0.3, -0.25) is 4.79 Å². The Kier molecular flexibility index (Phi) is 4.98. The molecule has 0 fully saturated rings. The van der Waals surface area contributed by atoms with Gasteiger partial charge in [0.1, 0.15) is 0 Å². The molecule has 20 heavy (non-hydrogen) atoms. The molecule has 4 N–H and O–H groups in total. The second-order valence-electron chi connectivity index (χ2n) is 4.53. The number of nitrogens with one attached hydrogen (secondary N) is 2. The van der Waals surface area contributed by atoms with Crippen molar-refractivity contribution in [1.82, 2.24) is 15.3 Å². The van der Waals surface area contributed by atoms with Crippen LogP contribution in [0.3, 0.4) is 0 Å². The van der Waals surface area contributed by atoms with Crippen molar-refractivity contribution in [2.24, 2.45) is 0 Å². The zero-order chi connectivity index (χ0) is 15.4.